The van der Waals surface area contributed by atoms with E-state index in [4.69, 9.17) is 0 Å². The van der Waals surface area contributed by atoms with Gasteiger partial charge in [0.1, 0.15) is 0 Å². The predicted molar refractivity (Wildman–Crippen MR) is 40.9 cm³/mol. The molecule has 1 aromatic rings. The van der Waals surface area contributed by atoms with Gasteiger partial charge in [0.15, 0.2) is 5.69 Å². The third-order valence-electron chi connectivity index (χ3n) is 1.28. The van der Waals surface area contributed by atoms with Crippen LogP contribution >= 0.6 is 12.6 Å². The van der Waals surface area contributed by atoms with E-state index in [0.717, 1.165) is 10.7 Å². The predicted octanol–water partition coefficient (Wildman–Crippen LogP) is 2.35. The molecular formula is C6H7F3N2S. The zero-order valence-corrected chi connectivity index (χ0v) is 7.10. The van der Waals surface area contributed by atoms with Crippen LogP contribution in [0.2, 0.25) is 0 Å². The van der Waals surface area contributed by atoms with E-state index in [9.17, 15) is 13.2 Å². The first-order valence-electron chi connectivity index (χ1n) is 3.21. The van der Waals surface area contributed by atoms with Gasteiger partial charge in [0.2, 0.25) is 0 Å². The number of nitrogens with zero attached hydrogens (tertiary/aromatic N) is 2. The maximum Gasteiger partial charge on any atom is 0.435 e. The Kier molecular flexibility index (Phi) is 2.36. The summed E-state index contributed by atoms with van der Waals surface area (Å²) in [5.74, 6) is 0. The van der Waals surface area contributed by atoms with Crippen molar-refractivity contribution in [2.24, 2.45) is 0 Å². The van der Waals surface area contributed by atoms with E-state index in [1.54, 1.807) is 6.92 Å². The number of thiol groups is 1. The number of hydrogen-bond donors (Lipinski definition) is 1. The number of halogens is 3. The average Bonchev–Trinajstić information content (AvgIpc) is 2.30. The topological polar surface area (TPSA) is 17.8 Å². The van der Waals surface area contributed by atoms with Crippen molar-refractivity contribution in [3.8, 4) is 0 Å². The number of rotatable bonds is 1. The largest absolute Gasteiger partial charge is 0.435 e. The summed E-state index contributed by atoms with van der Waals surface area (Å²) in [6.45, 7) is 1.64. The molecule has 0 saturated carbocycles. The van der Waals surface area contributed by atoms with E-state index in [1.165, 1.54) is 6.20 Å². The quantitative estimate of drug-likeness (QED) is 0.682. The molecule has 1 heterocycles. The Morgan fingerprint density at radius 3 is 2.42 bits per heavy atom. The van der Waals surface area contributed by atoms with Crippen LogP contribution < -0.4 is 0 Å². The zero-order valence-electron chi connectivity index (χ0n) is 6.21. The lowest BCUT2D eigenvalue weighted by molar-refractivity contribution is -0.141. The van der Waals surface area contributed by atoms with Gasteiger partial charge in [-0.2, -0.15) is 30.9 Å². The third-order valence-corrected chi connectivity index (χ3v) is 1.52. The average molecular weight is 196 g/mol. The summed E-state index contributed by atoms with van der Waals surface area (Å²) in [5.41, 5.74) is -0.886. The van der Waals surface area contributed by atoms with Crippen LogP contribution in [0, 0.1) is 0 Å². The molecule has 0 bridgehead atoms. The van der Waals surface area contributed by atoms with Crippen LogP contribution in [-0.2, 0) is 6.18 Å². The van der Waals surface area contributed by atoms with E-state index in [1.807, 2.05) is 0 Å². The second-order valence-electron chi connectivity index (χ2n) is 2.31. The highest BCUT2D eigenvalue weighted by molar-refractivity contribution is 7.80. The second kappa shape index (κ2) is 3.01. The molecule has 0 aliphatic rings. The monoisotopic (exact) mass is 196 g/mol. The molecule has 0 N–H and O–H groups in total. The summed E-state index contributed by atoms with van der Waals surface area (Å²) in [6.07, 6.45) is -3.12. The Bertz CT molecular complexity index is 266. The number of alkyl halides is 3. The molecule has 0 aromatic carbocycles. The molecule has 0 aliphatic carbocycles. The van der Waals surface area contributed by atoms with Crippen molar-refractivity contribution in [2.75, 3.05) is 0 Å². The van der Waals surface area contributed by atoms with Gasteiger partial charge < -0.3 is 0 Å². The summed E-state index contributed by atoms with van der Waals surface area (Å²) >= 11 is 3.93. The molecule has 0 aliphatic heterocycles. The molecule has 1 unspecified atom stereocenters. The molecule has 0 radical (unpaired) electrons. The fraction of sp³-hybridized carbons (Fsp3) is 0.500. The van der Waals surface area contributed by atoms with Crippen LogP contribution in [0.15, 0.2) is 12.3 Å². The Morgan fingerprint density at radius 1 is 1.58 bits per heavy atom. The maximum atomic E-state index is 12.0. The lowest BCUT2D eigenvalue weighted by atomic mass is 10.4. The third kappa shape index (κ3) is 1.94. The van der Waals surface area contributed by atoms with E-state index >= 15 is 0 Å². The Balaban J connectivity index is 2.92. The van der Waals surface area contributed by atoms with Gasteiger partial charge in [-0.15, -0.1) is 0 Å². The van der Waals surface area contributed by atoms with E-state index in [0.29, 0.717) is 0 Å². The van der Waals surface area contributed by atoms with Crippen molar-refractivity contribution in [1.82, 2.24) is 9.78 Å². The van der Waals surface area contributed by atoms with Gasteiger partial charge >= 0.3 is 6.18 Å². The number of hydrogen-bond acceptors (Lipinski definition) is 2. The van der Waals surface area contributed by atoms with Gasteiger partial charge in [-0.25, -0.2) is 0 Å². The van der Waals surface area contributed by atoms with Gasteiger partial charge in [0.05, 0.1) is 5.37 Å². The van der Waals surface area contributed by atoms with Crippen molar-refractivity contribution in [2.45, 2.75) is 18.5 Å². The lowest BCUT2D eigenvalue weighted by Gasteiger charge is -2.04. The molecule has 0 saturated heterocycles. The second-order valence-corrected chi connectivity index (χ2v) is 3.06. The fourth-order valence-corrected chi connectivity index (χ4v) is 0.826. The molecule has 12 heavy (non-hydrogen) atoms. The van der Waals surface area contributed by atoms with Gasteiger partial charge in [-0.1, -0.05) is 0 Å². The highest BCUT2D eigenvalue weighted by Gasteiger charge is 2.33. The van der Waals surface area contributed by atoms with Crippen LogP contribution in [0.3, 0.4) is 0 Å². The summed E-state index contributed by atoms with van der Waals surface area (Å²) in [6, 6.07) is 0.923. The van der Waals surface area contributed by atoms with Crippen molar-refractivity contribution in [3.63, 3.8) is 0 Å². The molecule has 1 rings (SSSR count). The molecule has 6 heteroatoms. The molecule has 1 atom stereocenters. The van der Waals surface area contributed by atoms with Crippen LogP contribution in [0.1, 0.15) is 18.0 Å². The Labute approximate surface area is 72.8 Å². The zero-order chi connectivity index (χ0) is 9.35. The van der Waals surface area contributed by atoms with Gasteiger partial charge in [-0.05, 0) is 13.0 Å². The molecule has 68 valence electrons. The van der Waals surface area contributed by atoms with Crippen molar-refractivity contribution in [3.05, 3.63) is 18.0 Å². The minimum atomic E-state index is -4.37. The van der Waals surface area contributed by atoms with Crippen molar-refractivity contribution >= 4 is 12.6 Å². The summed E-state index contributed by atoms with van der Waals surface area (Å²) in [7, 11) is 0. The smallest absolute Gasteiger partial charge is 0.260 e. The van der Waals surface area contributed by atoms with Gasteiger partial charge in [0.25, 0.3) is 0 Å². The van der Waals surface area contributed by atoms with Crippen LogP contribution in [-0.4, -0.2) is 9.78 Å². The Hall–Kier alpha value is -0.650. The first-order valence-corrected chi connectivity index (χ1v) is 3.73. The minimum absolute atomic E-state index is 0.346. The van der Waals surface area contributed by atoms with E-state index < -0.39 is 11.9 Å². The normalized spacial score (nSPS) is 14.8. The molecule has 2 nitrogen and oxygen atoms in total. The summed E-state index contributed by atoms with van der Waals surface area (Å²) < 4.78 is 37.0. The lowest BCUT2D eigenvalue weighted by Crippen LogP contribution is -2.08. The van der Waals surface area contributed by atoms with Crippen molar-refractivity contribution < 1.29 is 13.2 Å². The van der Waals surface area contributed by atoms with E-state index in [-0.39, 0.29) is 5.37 Å². The fourth-order valence-electron chi connectivity index (χ4n) is 0.697. The molecule has 1 aromatic heterocycles. The molecule has 0 amide bonds. The van der Waals surface area contributed by atoms with Crippen LogP contribution in [0.5, 0.6) is 0 Å². The van der Waals surface area contributed by atoms with Gasteiger partial charge in [-0.3, -0.25) is 4.68 Å². The maximum absolute atomic E-state index is 12.0. The van der Waals surface area contributed by atoms with Crippen LogP contribution in [0.4, 0.5) is 13.2 Å². The van der Waals surface area contributed by atoms with Gasteiger partial charge in [0, 0.05) is 6.20 Å². The Morgan fingerprint density at radius 2 is 2.17 bits per heavy atom. The van der Waals surface area contributed by atoms with E-state index in [2.05, 4.69) is 17.7 Å². The number of aromatic nitrogens is 2. The standard InChI is InChI=1S/C6H7F3N2S/c1-4(12)11-3-2-5(10-11)6(7,8)9/h2-4,12H,1H3. The highest BCUT2D eigenvalue weighted by atomic mass is 32.1. The minimum Gasteiger partial charge on any atom is -0.260 e. The summed E-state index contributed by atoms with van der Waals surface area (Å²) in [5, 5.41) is 2.95. The first kappa shape index (κ1) is 9.44. The molecule has 0 spiro atoms. The highest BCUT2D eigenvalue weighted by Crippen LogP contribution is 2.27. The first-order chi connectivity index (χ1) is 5.41. The van der Waals surface area contributed by atoms with Crippen LogP contribution in [0.25, 0.3) is 0 Å². The SMILES string of the molecule is CC(S)n1ccc(C(F)(F)F)n1. The molecular weight excluding hydrogens is 189 g/mol. The van der Waals surface area contributed by atoms with Crippen molar-refractivity contribution in [1.29, 1.82) is 0 Å². The summed E-state index contributed by atoms with van der Waals surface area (Å²) in [4.78, 5) is 0. The molecule has 0 fully saturated rings.